The number of nitrogens with one attached hydrogen (secondary N) is 2. The molecule has 2 aliphatic rings. The average Bonchev–Trinajstić information content (AvgIpc) is 3.01. The summed E-state index contributed by atoms with van der Waals surface area (Å²) < 4.78 is 30.7. The predicted molar refractivity (Wildman–Crippen MR) is 106 cm³/mol. The molecule has 2 heterocycles. The van der Waals surface area contributed by atoms with Crippen molar-refractivity contribution >= 4 is 50.5 Å². The first-order valence-corrected chi connectivity index (χ1v) is 10.5. The number of carbonyl (C=O) groups excluding carboxylic acids is 2. The highest BCUT2D eigenvalue weighted by atomic mass is 35.5. The number of benzene rings is 2. The van der Waals surface area contributed by atoms with Crippen molar-refractivity contribution in [2.24, 2.45) is 0 Å². The van der Waals surface area contributed by atoms with E-state index in [0.29, 0.717) is 41.3 Å². The maximum Gasteiger partial charge on any atom is 0.262 e. The minimum absolute atomic E-state index is 0.108. The van der Waals surface area contributed by atoms with Gasteiger partial charge in [-0.2, -0.15) is 0 Å². The Labute approximate surface area is 166 Å². The topological polar surface area (TPSA) is 105 Å². The third-order valence-corrected chi connectivity index (χ3v) is 6.65. The van der Waals surface area contributed by atoms with Crippen molar-refractivity contribution in [3.63, 3.8) is 0 Å². The van der Waals surface area contributed by atoms with Crippen LogP contribution < -0.4 is 19.7 Å². The van der Waals surface area contributed by atoms with Crippen LogP contribution in [0, 0.1) is 0 Å². The molecule has 10 heteroatoms. The summed E-state index contributed by atoms with van der Waals surface area (Å²) in [5, 5.41) is 5.58. The van der Waals surface area contributed by atoms with E-state index in [1.807, 2.05) is 0 Å². The van der Waals surface area contributed by atoms with Gasteiger partial charge in [0, 0.05) is 18.2 Å². The number of anilines is 3. The molecule has 28 heavy (non-hydrogen) atoms. The molecule has 1 fully saturated rings. The molecule has 0 saturated carbocycles. The van der Waals surface area contributed by atoms with Crippen molar-refractivity contribution in [1.29, 1.82) is 0 Å². The van der Waals surface area contributed by atoms with Crippen LogP contribution in [0.5, 0.6) is 5.75 Å². The van der Waals surface area contributed by atoms with Crippen molar-refractivity contribution in [1.82, 2.24) is 0 Å². The summed E-state index contributed by atoms with van der Waals surface area (Å²) in [6.07, 6.45) is 0.587. The van der Waals surface area contributed by atoms with E-state index in [2.05, 4.69) is 10.6 Å². The Hall–Kier alpha value is -2.78. The molecule has 0 aromatic heterocycles. The average molecular weight is 422 g/mol. The highest BCUT2D eigenvalue weighted by Crippen LogP contribution is 2.36. The van der Waals surface area contributed by atoms with E-state index in [-0.39, 0.29) is 23.3 Å². The van der Waals surface area contributed by atoms with E-state index in [0.717, 1.165) is 0 Å². The third-order valence-electron chi connectivity index (χ3n) is 4.47. The Bertz CT molecular complexity index is 1070. The smallest absolute Gasteiger partial charge is 0.262 e. The number of fused-ring (bicyclic) bond motifs is 1. The van der Waals surface area contributed by atoms with Gasteiger partial charge in [-0.25, -0.2) is 8.42 Å². The Morgan fingerprint density at radius 1 is 1.21 bits per heavy atom. The molecule has 8 nitrogen and oxygen atoms in total. The number of halogens is 1. The van der Waals surface area contributed by atoms with E-state index >= 15 is 0 Å². The van der Waals surface area contributed by atoms with Crippen molar-refractivity contribution in [3.05, 3.63) is 47.0 Å². The van der Waals surface area contributed by atoms with Crippen LogP contribution in [-0.2, 0) is 14.8 Å². The second kappa shape index (κ2) is 6.99. The molecule has 2 N–H and O–H groups in total. The molecule has 2 aliphatic heterocycles. The van der Waals surface area contributed by atoms with Gasteiger partial charge in [0.05, 0.1) is 27.8 Å². The van der Waals surface area contributed by atoms with Crippen LogP contribution in [-0.4, -0.2) is 39.1 Å². The summed E-state index contributed by atoms with van der Waals surface area (Å²) in [7, 11) is -3.27. The summed E-state index contributed by atoms with van der Waals surface area (Å²) in [6.45, 7) is 0.331. The maximum absolute atomic E-state index is 12.5. The van der Waals surface area contributed by atoms with Crippen LogP contribution in [0.2, 0.25) is 5.02 Å². The van der Waals surface area contributed by atoms with Gasteiger partial charge in [-0.05, 0) is 36.8 Å². The van der Waals surface area contributed by atoms with Gasteiger partial charge in [0.15, 0.2) is 6.61 Å². The maximum atomic E-state index is 12.5. The highest BCUT2D eigenvalue weighted by Gasteiger charge is 2.28. The lowest BCUT2D eigenvalue weighted by atomic mass is 10.1. The fourth-order valence-corrected chi connectivity index (χ4v) is 4.87. The summed E-state index contributed by atoms with van der Waals surface area (Å²) in [5.74, 6) is -0.138. The first kappa shape index (κ1) is 18.6. The second-order valence-corrected chi connectivity index (χ2v) is 8.83. The van der Waals surface area contributed by atoms with Crippen molar-refractivity contribution in [3.8, 4) is 5.75 Å². The van der Waals surface area contributed by atoms with Crippen LogP contribution in [0.15, 0.2) is 36.4 Å². The minimum atomic E-state index is -3.27. The number of rotatable bonds is 3. The molecule has 2 amide bonds. The molecule has 0 aliphatic carbocycles. The van der Waals surface area contributed by atoms with Gasteiger partial charge >= 0.3 is 0 Å². The Morgan fingerprint density at radius 3 is 2.64 bits per heavy atom. The predicted octanol–water partition coefficient (Wildman–Crippen LogP) is 2.46. The van der Waals surface area contributed by atoms with E-state index in [1.165, 1.54) is 10.4 Å². The molecule has 0 radical (unpaired) electrons. The third kappa shape index (κ3) is 3.50. The Morgan fingerprint density at radius 2 is 1.96 bits per heavy atom. The molecule has 0 spiro atoms. The molecular weight excluding hydrogens is 406 g/mol. The van der Waals surface area contributed by atoms with Gasteiger partial charge in [-0.15, -0.1) is 0 Å². The number of hydrogen-bond donors (Lipinski definition) is 2. The molecule has 0 atom stereocenters. The zero-order valence-electron chi connectivity index (χ0n) is 14.6. The van der Waals surface area contributed by atoms with Gasteiger partial charge in [0.25, 0.3) is 11.8 Å². The zero-order chi connectivity index (χ0) is 19.9. The van der Waals surface area contributed by atoms with E-state index in [9.17, 15) is 18.0 Å². The van der Waals surface area contributed by atoms with Gasteiger partial charge < -0.3 is 15.4 Å². The largest absolute Gasteiger partial charge is 0.482 e. The highest BCUT2D eigenvalue weighted by molar-refractivity contribution is 7.93. The second-order valence-electron chi connectivity index (χ2n) is 6.41. The summed E-state index contributed by atoms with van der Waals surface area (Å²) >= 11 is 6.19. The number of ether oxygens (including phenoxy) is 1. The first-order valence-electron chi connectivity index (χ1n) is 8.51. The fraction of sp³-hybridized carbons (Fsp3) is 0.222. The minimum Gasteiger partial charge on any atom is -0.482 e. The van der Waals surface area contributed by atoms with E-state index in [4.69, 9.17) is 16.3 Å². The summed E-state index contributed by atoms with van der Waals surface area (Å²) in [5.41, 5.74) is 1.66. The standard InChI is InChI=1S/C18H16ClN3O5S/c19-13-8-15-16(27-10-17(23)20-15)9-14(13)21-18(24)11-2-4-12(5-3-11)22-6-1-7-28(22,25)26/h2-5,8-9H,1,6-7,10H2,(H,20,23)(H,21,24). The SMILES string of the molecule is O=C1COc2cc(NC(=O)c3ccc(N4CCCS4(=O)=O)cc3)c(Cl)cc2N1. The van der Waals surface area contributed by atoms with Crippen molar-refractivity contribution < 1.29 is 22.7 Å². The first-order chi connectivity index (χ1) is 13.3. The molecule has 4 rings (SSSR count). The van der Waals surface area contributed by atoms with Crippen LogP contribution in [0.25, 0.3) is 0 Å². The molecule has 2 aromatic carbocycles. The zero-order valence-corrected chi connectivity index (χ0v) is 16.1. The molecular formula is C18H16ClN3O5S. The Balaban J connectivity index is 1.52. The van der Waals surface area contributed by atoms with Crippen molar-refractivity contribution in [2.45, 2.75) is 6.42 Å². The van der Waals surface area contributed by atoms with Crippen molar-refractivity contribution in [2.75, 3.05) is 33.8 Å². The van der Waals surface area contributed by atoms with E-state index < -0.39 is 15.9 Å². The molecule has 1 saturated heterocycles. The quantitative estimate of drug-likeness (QED) is 0.792. The fourth-order valence-electron chi connectivity index (χ4n) is 3.10. The summed E-state index contributed by atoms with van der Waals surface area (Å²) in [6, 6.07) is 9.37. The number of sulfonamides is 1. The lowest BCUT2D eigenvalue weighted by Gasteiger charge is -2.20. The number of nitrogens with zero attached hydrogens (tertiary/aromatic N) is 1. The normalized spacial score (nSPS) is 17.5. The Kier molecular flexibility index (Phi) is 4.64. The molecule has 2 aromatic rings. The number of carbonyl (C=O) groups is 2. The van der Waals surface area contributed by atoms with Gasteiger partial charge in [-0.3, -0.25) is 13.9 Å². The van der Waals surface area contributed by atoms with Crippen LogP contribution >= 0.6 is 11.6 Å². The monoisotopic (exact) mass is 421 g/mol. The van der Waals surface area contributed by atoms with Gasteiger partial charge in [0.2, 0.25) is 10.0 Å². The lowest BCUT2D eigenvalue weighted by Crippen LogP contribution is -2.25. The molecule has 146 valence electrons. The van der Waals surface area contributed by atoms with Gasteiger partial charge in [-0.1, -0.05) is 11.6 Å². The van der Waals surface area contributed by atoms with Crippen LogP contribution in [0.1, 0.15) is 16.8 Å². The number of amides is 2. The number of hydrogen-bond acceptors (Lipinski definition) is 5. The lowest BCUT2D eigenvalue weighted by molar-refractivity contribution is -0.118. The van der Waals surface area contributed by atoms with Crippen LogP contribution in [0.4, 0.5) is 17.1 Å². The molecule has 0 bridgehead atoms. The van der Waals surface area contributed by atoms with E-state index in [1.54, 1.807) is 30.3 Å². The summed E-state index contributed by atoms with van der Waals surface area (Å²) in [4.78, 5) is 23.9. The molecule has 0 unspecified atom stereocenters. The van der Waals surface area contributed by atoms with Crippen LogP contribution in [0.3, 0.4) is 0 Å². The van der Waals surface area contributed by atoms with Gasteiger partial charge in [0.1, 0.15) is 5.75 Å².